The standard InChI is InChI=1S/C15H23N3O5S/c16-24(22,23)14-9-12(8-13(10-14)18(20)21)17-7-3-5-11-4-1-2-6-15(11)19/h8-11,15,17,19H,1-7H2,(H2,16,22,23). The van der Waals surface area contributed by atoms with Gasteiger partial charge in [-0.05, 0) is 37.7 Å². The first kappa shape index (κ1) is 18.6. The Morgan fingerprint density at radius 2 is 2.00 bits per heavy atom. The monoisotopic (exact) mass is 357 g/mol. The van der Waals surface area contributed by atoms with Crippen LogP contribution in [0.1, 0.15) is 38.5 Å². The van der Waals surface area contributed by atoms with E-state index in [-0.39, 0.29) is 16.7 Å². The molecule has 0 heterocycles. The van der Waals surface area contributed by atoms with Crippen LogP contribution in [0.3, 0.4) is 0 Å². The molecule has 0 aromatic heterocycles. The van der Waals surface area contributed by atoms with Gasteiger partial charge in [-0.2, -0.15) is 0 Å². The summed E-state index contributed by atoms with van der Waals surface area (Å²) in [5.41, 5.74) is 0.0177. The maximum atomic E-state index is 11.4. The second kappa shape index (κ2) is 7.91. The Hall–Kier alpha value is -1.71. The number of nitrogens with two attached hydrogens (primary N) is 1. The highest BCUT2D eigenvalue weighted by molar-refractivity contribution is 7.89. The molecule has 4 N–H and O–H groups in total. The smallest absolute Gasteiger partial charge is 0.272 e. The van der Waals surface area contributed by atoms with Crippen LogP contribution >= 0.6 is 0 Å². The van der Waals surface area contributed by atoms with Gasteiger partial charge in [0, 0.05) is 24.4 Å². The zero-order valence-corrected chi connectivity index (χ0v) is 14.2. The van der Waals surface area contributed by atoms with Gasteiger partial charge in [-0.25, -0.2) is 13.6 Å². The lowest BCUT2D eigenvalue weighted by Gasteiger charge is -2.27. The number of nitro groups is 1. The topological polar surface area (TPSA) is 136 Å². The van der Waals surface area contributed by atoms with Crippen LogP contribution < -0.4 is 10.5 Å². The molecule has 134 valence electrons. The van der Waals surface area contributed by atoms with Crippen molar-refractivity contribution in [2.24, 2.45) is 11.1 Å². The number of aliphatic hydroxyl groups excluding tert-OH is 1. The van der Waals surface area contributed by atoms with Crippen molar-refractivity contribution in [3.8, 4) is 0 Å². The van der Waals surface area contributed by atoms with Gasteiger partial charge in [0.05, 0.1) is 15.9 Å². The van der Waals surface area contributed by atoms with Gasteiger partial charge >= 0.3 is 0 Å². The van der Waals surface area contributed by atoms with Crippen molar-refractivity contribution in [3.05, 3.63) is 28.3 Å². The van der Waals surface area contributed by atoms with Gasteiger partial charge in [0.25, 0.3) is 5.69 Å². The van der Waals surface area contributed by atoms with E-state index in [1.165, 1.54) is 12.1 Å². The zero-order chi connectivity index (χ0) is 17.7. The Kier molecular flexibility index (Phi) is 6.14. The minimum atomic E-state index is -4.01. The molecule has 0 radical (unpaired) electrons. The number of benzene rings is 1. The first-order valence-corrected chi connectivity index (χ1v) is 9.56. The number of hydrogen-bond donors (Lipinski definition) is 3. The molecule has 1 aromatic rings. The number of sulfonamides is 1. The maximum Gasteiger partial charge on any atom is 0.272 e. The molecular weight excluding hydrogens is 334 g/mol. The van der Waals surface area contributed by atoms with Crippen molar-refractivity contribution in [1.29, 1.82) is 0 Å². The van der Waals surface area contributed by atoms with Crippen molar-refractivity contribution >= 4 is 21.4 Å². The van der Waals surface area contributed by atoms with Crippen LogP contribution in [0, 0.1) is 16.0 Å². The average molecular weight is 357 g/mol. The van der Waals surface area contributed by atoms with Crippen LogP contribution in [0.4, 0.5) is 11.4 Å². The normalized spacial score (nSPS) is 21.4. The molecule has 0 aliphatic heterocycles. The molecule has 24 heavy (non-hydrogen) atoms. The number of anilines is 1. The Labute approximate surface area is 141 Å². The molecule has 0 bridgehead atoms. The summed E-state index contributed by atoms with van der Waals surface area (Å²) in [5.74, 6) is 0.297. The lowest BCUT2D eigenvalue weighted by atomic mass is 9.83. The van der Waals surface area contributed by atoms with E-state index in [0.29, 0.717) is 18.2 Å². The highest BCUT2D eigenvalue weighted by Crippen LogP contribution is 2.28. The van der Waals surface area contributed by atoms with Gasteiger partial charge in [0.15, 0.2) is 0 Å². The Balaban J connectivity index is 1.96. The maximum absolute atomic E-state index is 11.4. The molecule has 9 heteroatoms. The summed E-state index contributed by atoms with van der Waals surface area (Å²) in [6, 6.07) is 3.51. The molecule has 0 saturated heterocycles. The van der Waals surface area contributed by atoms with E-state index in [1.807, 2.05) is 0 Å². The Bertz CT molecular complexity index is 692. The predicted molar refractivity (Wildman–Crippen MR) is 90.2 cm³/mol. The van der Waals surface area contributed by atoms with Crippen molar-refractivity contribution < 1.29 is 18.4 Å². The van der Waals surface area contributed by atoms with Gasteiger partial charge in [0.1, 0.15) is 0 Å². The third-order valence-electron chi connectivity index (χ3n) is 4.38. The fraction of sp³-hybridized carbons (Fsp3) is 0.600. The summed E-state index contributed by atoms with van der Waals surface area (Å²) >= 11 is 0. The summed E-state index contributed by atoms with van der Waals surface area (Å²) in [5, 5.41) is 28.9. The Morgan fingerprint density at radius 1 is 1.29 bits per heavy atom. The summed E-state index contributed by atoms with van der Waals surface area (Å²) in [6.45, 7) is 0.536. The van der Waals surface area contributed by atoms with Crippen LogP contribution in [0.25, 0.3) is 0 Å². The van der Waals surface area contributed by atoms with Gasteiger partial charge in [-0.15, -0.1) is 0 Å². The van der Waals surface area contributed by atoms with Crippen LogP contribution in [-0.2, 0) is 10.0 Å². The van der Waals surface area contributed by atoms with Crippen LogP contribution in [0.2, 0.25) is 0 Å². The lowest BCUT2D eigenvalue weighted by Crippen LogP contribution is -2.24. The third-order valence-corrected chi connectivity index (χ3v) is 5.27. The largest absolute Gasteiger partial charge is 0.393 e. The van der Waals surface area contributed by atoms with E-state index >= 15 is 0 Å². The highest BCUT2D eigenvalue weighted by atomic mass is 32.2. The van der Waals surface area contributed by atoms with Crippen molar-refractivity contribution in [3.63, 3.8) is 0 Å². The van der Waals surface area contributed by atoms with Crippen LogP contribution in [-0.4, -0.2) is 31.1 Å². The van der Waals surface area contributed by atoms with E-state index in [0.717, 1.165) is 44.6 Å². The number of nitro benzene ring substituents is 1. The molecule has 0 spiro atoms. The van der Waals surface area contributed by atoms with E-state index in [1.54, 1.807) is 0 Å². The van der Waals surface area contributed by atoms with E-state index in [9.17, 15) is 23.6 Å². The quantitative estimate of drug-likeness (QED) is 0.388. The highest BCUT2D eigenvalue weighted by Gasteiger charge is 2.22. The summed E-state index contributed by atoms with van der Waals surface area (Å²) in [4.78, 5) is 9.97. The molecule has 2 rings (SSSR count). The minimum absolute atomic E-state index is 0.245. The summed E-state index contributed by atoms with van der Waals surface area (Å²) in [6.07, 6.45) is 5.48. The molecule has 1 saturated carbocycles. The van der Waals surface area contributed by atoms with Crippen molar-refractivity contribution in [2.45, 2.75) is 49.5 Å². The van der Waals surface area contributed by atoms with Crippen LogP contribution in [0.15, 0.2) is 23.1 Å². The third kappa shape index (κ3) is 5.15. The van der Waals surface area contributed by atoms with Crippen LogP contribution in [0.5, 0.6) is 0 Å². The second-order valence-electron chi connectivity index (χ2n) is 6.20. The first-order valence-electron chi connectivity index (χ1n) is 8.01. The number of nitrogens with zero attached hydrogens (tertiary/aromatic N) is 1. The zero-order valence-electron chi connectivity index (χ0n) is 13.3. The minimum Gasteiger partial charge on any atom is -0.393 e. The number of hydrogen-bond acceptors (Lipinski definition) is 6. The SMILES string of the molecule is NS(=O)(=O)c1cc(NCCCC2CCCCC2O)cc([N+](=O)[O-])c1. The molecule has 2 atom stereocenters. The molecule has 8 nitrogen and oxygen atoms in total. The summed E-state index contributed by atoms with van der Waals surface area (Å²) < 4.78 is 22.9. The number of non-ortho nitro benzene ring substituents is 1. The van der Waals surface area contributed by atoms with E-state index in [4.69, 9.17) is 5.14 Å². The lowest BCUT2D eigenvalue weighted by molar-refractivity contribution is -0.385. The second-order valence-corrected chi connectivity index (χ2v) is 7.76. The number of aliphatic hydroxyl groups is 1. The van der Waals surface area contributed by atoms with Gasteiger partial charge < -0.3 is 10.4 Å². The molecule has 1 aromatic carbocycles. The number of rotatable bonds is 7. The predicted octanol–water partition coefficient (Wildman–Crippen LogP) is 1.99. The Morgan fingerprint density at radius 3 is 2.62 bits per heavy atom. The van der Waals surface area contributed by atoms with Gasteiger partial charge in [0.2, 0.25) is 10.0 Å². The van der Waals surface area contributed by atoms with E-state index in [2.05, 4.69) is 5.32 Å². The van der Waals surface area contributed by atoms with Crippen molar-refractivity contribution in [1.82, 2.24) is 0 Å². The van der Waals surface area contributed by atoms with Crippen molar-refractivity contribution in [2.75, 3.05) is 11.9 Å². The first-order chi connectivity index (χ1) is 11.3. The molecule has 0 amide bonds. The summed E-state index contributed by atoms with van der Waals surface area (Å²) in [7, 11) is -4.01. The fourth-order valence-electron chi connectivity index (χ4n) is 3.08. The average Bonchev–Trinajstić information content (AvgIpc) is 2.52. The fourth-order valence-corrected chi connectivity index (χ4v) is 3.65. The molecule has 2 unspecified atom stereocenters. The molecule has 1 aliphatic rings. The molecule has 1 aliphatic carbocycles. The number of primary sulfonamides is 1. The van der Waals surface area contributed by atoms with Gasteiger partial charge in [-0.1, -0.05) is 12.8 Å². The number of nitrogens with one attached hydrogen (secondary N) is 1. The molecule has 1 fully saturated rings. The molecular formula is C15H23N3O5S. The van der Waals surface area contributed by atoms with Gasteiger partial charge in [-0.3, -0.25) is 10.1 Å². The van der Waals surface area contributed by atoms with E-state index < -0.39 is 14.9 Å².